The maximum Gasteiger partial charge on any atom is 0.211 e. The van der Waals surface area contributed by atoms with Crippen LogP contribution in [0.25, 0.3) is 10.4 Å². The van der Waals surface area contributed by atoms with Crippen molar-refractivity contribution in [1.82, 2.24) is 4.91 Å². The van der Waals surface area contributed by atoms with Crippen molar-refractivity contribution in [2.75, 3.05) is 6.54 Å². The van der Waals surface area contributed by atoms with Crippen molar-refractivity contribution >= 4 is 0 Å². The van der Waals surface area contributed by atoms with Gasteiger partial charge in [-0.25, -0.2) is 0 Å². The van der Waals surface area contributed by atoms with Crippen LogP contribution in [0.3, 0.4) is 0 Å². The lowest BCUT2D eigenvalue weighted by atomic mass is 10.2. The summed E-state index contributed by atoms with van der Waals surface area (Å²) in [5.74, 6) is 0. The summed E-state index contributed by atoms with van der Waals surface area (Å²) in [4.78, 5) is 4.68. The number of azide groups is 1. The zero-order valence-corrected chi connectivity index (χ0v) is 7.59. The molecular weight excluding hydrogens is 180 g/mol. The summed E-state index contributed by atoms with van der Waals surface area (Å²) in [6.45, 7) is 0.542. The van der Waals surface area contributed by atoms with E-state index in [1.165, 1.54) is 5.56 Å². The summed E-state index contributed by atoms with van der Waals surface area (Å²) in [7, 11) is 0. The van der Waals surface area contributed by atoms with Crippen molar-refractivity contribution < 1.29 is 0 Å². The van der Waals surface area contributed by atoms with Gasteiger partial charge in [-0.15, -0.1) is 0 Å². The highest BCUT2D eigenvalue weighted by Gasteiger charge is 1.87. The molecule has 0 aromatic heterocycles. The fourth-order valence-electron chi connectivity index (χ4n) is 0.868. The monoisotopic (exact) mass is 191 g/mol. The minimum Gasteiger partial charge on any atom is -0.0936 e. The predicted molar refractivity (Wildman–Crippen MR) is 51.7 cm³/mol. The normalized spacial score (nSPS) is 7.43. The van der Waals surface area contributed by atoms with E-state index in [4.69, 9.17) is 16.6 Å². The van der Waals surface area contributed by atoms with Crippen LogP contribution in [-0.2, 0) is 6.42 Å². The second-order valence-corrected chi connectivity index (χ2v) is 2.30. The summed E-state index contributed by atoms with van der Waals surface area (Å²) >= 11 is 0. The highest BCUT2D eigenvalue weighted by atomic mass is 15.1. The predicted octanol–water partition coefficient (Wildman–Crippen LogP) is 2.65. The van der Waals surface area contributed by atoms with Crippen molar-refractivity contribution in [2.45, 2.75) is 6.42 Å². The molecule has 0 radical (unpaired) electrons. The fraction of sp³-hybridized carbons (Fsp3) is 0.250. The summed E-state index contributed by atoms with van der Waals surface area (Å²) in [6, 6.07) is 9.97. The molecule has 0 heterocycles. The molecule has 0 unspecified atom stereocenters. The van der Waals surface area contributed by atoms with Crippen molar-refractivity contribution in [1.29, 1.82) is 11.1 Å². The van der Waals surface area contributed by atoms with E-state index in [2.05, 4.69) is 10.0 Å². The third-order valence-electron chi connectivity index (χ3n) is 1.41. The Balaban J connectivity index is 0.000000500. The Kier molecular flexibility index (Phi) is 7.55. The molecular formula is C8H11N6+. The van der Waals surface area contributed by atoms with Gasteiger partial charge < -0.3 is 0 Å². The van der Waals surface area contributed by atoms with Gasteiger partial charge in [0.1, 0.15) is 11.1 Å². The summed E-state index contributed by atoms with van der Waals surface area (Å²) in [6.07, 6.45) is 0.824. The first kappa shape index (κ1) is 11.8. The van der Waals surface area contributed by atoms with Gasteiger partial charge in [0, 0.05) is 11.5 Å². The second-order valence-electron chi connectivity index (χ2n) is 2.30. The van der Waals surface area contributed by atoms with Crippen LogP contribution in [0.4, 0.5) is 0 Å². The Hall–Kier alpha value is -2.16. The Labute approximate surface area is 81.2 Å². The molecule has 14 heavy (non-hydrogen) atoms. The van der Waals surface area contributed by atoms with Gasteiger partial charge in [0.05, 0.1) is 0 Å². The molecule has 6 heteroatoms. The first-order chi connectivity index (χ1) is 6.85. The lowest BCUT2D eigenvalue weighted by molar-refractivity contribution is 0.928. The molecule has 0 atom stereocenters. The Morgan fingerprint density at radius 1 is 1.21 bits per heavy atom. The van der Waals surface area contributed by atoms with Crippen molar-refractivity contribution in [3.63, 3.8) is 0 Å². The van der Waals surface area contributed by atoms with Gasteiger partial charge in [-0.05, 0) is 17.5 Å². The van der Waals surface area contributed by atoms with Crippen molar-refractivity contribution in [2.24, 2.45) is 5.11 Å². The summed E-state index contributed by atoms with van der Waals surface area (Å²) < 4.78 is 0. The number of nitrogens with one attached hydrogen (secondary N) is 2. The van der Waals surface area contributed by atoms with E-state index in [0.29, 0.717) is 6.54 Å². The van der Waals surface area contributed by atoms with E-state index < -0.39 is 0 Å². The lowest BCUT2D eigenvalue weighted by Gasteiger charge is -1.93. The molecule has 0 bridgehead atoms. The van der Waals surface area contributed by atoms with Gasteiger partial charge in [0.15, 0.2) is 0 Å². The van der Waals surface area contributed by atoms with Gasteiger partial charge in [0.25, 0.3) is 0 Å². The van der Waals surface area contributed by atoms with Gasteiger partial charge in [-0.1, -0.05) is 35.4 Å². The van der Waals surface area contributed by atoms with Gasteiger partial charge >= 0.3 is 0 Å². The van der Waals surface area contributed by atoms with Gasteiger partial charge in [-0.3, -0.25) is 0 Å². The molecule has 0 spiro atoms. The van der Waals surface area contributed by atoms with E-state index >= 15 is 0 Å². The van der Waals surface area contributed by atoms with Crippen LogP contribution < -0.4 is 4.91 Å². The summed E-state index contributed by atoms with van der Waals surface area (Å²) in [5, 5.41) is 3.45. The number of rotatable bonds is 3. The maximum atomic E-state index is 8.00. The van der Waals surface area contributed by atoms with Crippen molar-refractivity contribution in [3.05, 3.63) is 46.3 Å². The molecule has 72 valence electrons. The van der Waals surface area contributed by atoms with E-state index in [1.54, 1.807) is 0 Å². The molecule has 0 fully saturated rings. The molecule has 1 aromatic carbocycles. The average molecular weight is 191 g/mol. The van der Waals surface area contributed by atoms with E-state index in [0.717, 1.165) is 6.42 Å². The third-order valence-corrected chi connectivity index (χ3v) is 1.41. The van der Waals surface area contributed by atoms with Crippen LogP contribution in [0, 0.1) is 11.1 Å². The quantitative estimate of drug-likeness (QED) is 0.416. The number of hydrogen-bond acceptors (Lipinski definition) is 3. The largest absolute Gasteiger partial charge is 0.211 e. The molecule has 0 saturated heterocycles. The second kappa shape index (κ2) is 8.93. The zero-order chi connectivity index (χ0) is 10.6. The van der Waals surface area contributed by atoms with E-state index in [1.807, 2.05) is 35.2 Å². The van der Waals surface area contributed by atoms with Gasteiger partial charge in [-0.2, -0.15) is 0 Å². The van der Waals surface area contributed by atoms with E-state index in [9.17, 15) is 0 Å². The molecule has 0 aliphatic heterocycles. The molecule has 6 nitrogen and oxygen atoms in total. The van der Waals surface area contributed by atoms with E-state index in [-0.39, 0.29) is 0 Å². The Morgan fingerprint density at radius 3 is 2.29 bits per heavy atom. The average Bonchev–Trinajstić information content (AvgIpc) is 2.21. The number of hydrogen-bond donors (Lipinski definition) is 2. The minimum atomic E-state index is 0.542. The molecule has 0 aliphatic rings. The Morgan fingerprint density at radius 2 is 1.79 bits per heavy atom. The maximum absolute atomic E-state index is 8.00. The SMILES string of the molecule is N=[N+]=N.[N-]=[N+]=NCCc1ccccc1. The standard InChI is InChI=1S/C8H9N3.H2N3/c9-11-10-7-6-8-4-2-1-3-5-8;1-3-2/h1-5H,6-7H2;1-2H/q;+1. The zero-order valence-electron chi connectivity index (χ0n) is 7.59. The highest BCUT2D eigenvalue weighted by Crippen LogP contribution is 1.98. The molecule has 0 aliphatic carbocycles. The van der Waals surface area contributed by atoms with Crippen LogP contribution in [0.5, 0.6) is 0 Å². The molecule has 2 N–H and O–H groups in total. The number of benzene rings is 1. The van der Waals surface area contributed by atoms with Crippen LogP contribution in [-0.4, -0.2) is 6.54 Å². The molecule has 1 aromatic rings. The first-order valence-electron chi connectivity index (χ1n) is 3.93. The highest BCUT2D eigenvalue weighted by molar-refractivity contribution is 5.14. The number of nitrogens with zero attached hydrogens (tertiary/aromatic N) is 4. The van der Waals surface area contributed by atoms with Gasteiger partial charge in [0.2, 0.25) is 4.91 Å². The molecule has 0 amide bonds. The molecule has 1 rings (SSSR count). The minimum absolute atomic E-state index is 0.542. The first-order valence-corrected chi connectivity index (χ1v) is 3.93. The fourth-order valence-corrected chi connectivity index (χ4v) is 0.868. The van der Waals surface area contributed by atoms with Crippen molar-refractivity contribution in [3.8, 4) is 0 Å². The van der Waals surface area contributed by atoms with Crippen LogP contribution >= 0.6 is 0 Å². The van der Waals surface area contributed by atoms with Crippen LogP contribution in [0.2, 0.25) is 0 Å². The van der Waals surface area contributed by atoms with Crippen LogP contribution in [0.1, 0.15) is 5.56 Å². The van der Waals surface area contributed by atoms with Crippen LogP contribution in [0.15, 0.2) is 35.4 Å². The smallest absolute Gasteiger partial charge is 0.0936 e. The molecule has 0 saturated carbocycles. The topological polar surface area (TPSA) is 111 Å². The third kappa shape index (κ3) is 6.54. The lowest BCUT2D eigenvalue weighted by Crippen LogP contribution is -1.86. The summed E-state index contributed by atoms with van der Waals surface area (Å²) in [5.41, 5.74) is 20.2. The Bertz CT molecular complexity index is 321.